The Labute approximate surface area is 180 Å². The van der Waals surface area contributed by atoms with Crippen LogP contribution in [-0.4, -0.2) is 34.4 Å². The molecular formula is C22H23ClN4O3. The van der Waals surface area contributed by atoms with Crippen LogP contribution in [-0.2, 0) is 11.3 Å². The molecule has 0 bridgehead atoms. The number of methoxy groups -OCH3 is 1. The van der Waals surface area contributed by atoms with Gasteiger partial charge in [0.05, 0.1) is 31.3 Å². The molecule has 1 N–H and O–H groups in total. The highest BCUT2D eigenvalue weighted by atomic mass is 35.5. The number of aromatic nitrogens is 3. The highest BCUT2D eigenvalue weighted by Gasteiger charge is 2.15. The van der Waals surface area contributed by atoms with Gasteiger partial charge in [-0.15, -0.1) is 0 Å². The number of carbonyl (C=O) groups excluding carboxylic acids is 1. The van der Waals surface area contributed by atoms with Crippen molar-refractivity contribution in [1.82, 2.24) is 20.1 Å². The van der Waals surface area contributed by atoms with Crippen molar-refractivity contribution in [3.05, 3.63) is 77.3 Å². The minimum Gasteiger partial charge on any atom is -0.491 e. The van der Waals surface area contributed by atoms with E-state index in [0.29, 0.717) is 29.7 Å². The third-order valence-corrected chi connectivity index (χ3v) is 4.60. The number of nitrogens with one attached hydrogen (secondary N) is 1. The Hall–Kier alpha value is -3.32. The summed E-state index contributed by atoms with van der Waals surface area (Å²) in [5.74, 6) is 0.756. The molecule has 2 aromatic carbocycles. The lowest BCUT2D eigenvalue weighted by atomic mass is 10.1. The minimum absolute atomic E-state index is 0.242. The molecule has 0 aliphatic rings. The number of nitrogens with zero attached hydrogens (tertiary/aromatic N) is 3. The molecule has 1 amide bonds. The van der Waals surface area contributed by atoms with Crippen molar-refractivity contribution in [2.75, 3.05) is 13.7 Å². The van der Waals surface area contributed by atoms with Crippen LogP contribution in [0.3, 0.4) is 0 Å². The first-order chi connectivity index (χ1) is 14.6. The van der Waals surface area contributed by atoms with E-state index in [1.807, 2.05) is 37.3 Å². The molecule has 0 radical (unpaired) electrons. The van der Waals surface area contributed by atoms with Gasteiger partial charge in [0.25, 0.3) is 0 Å². The summed E-state index contributed by atoms with van der Waals surface area (Å²) in [5, 5.41) is 7.56. The third-order valence-electron chi connectivity index (χ3n) is 4.32. The van der Waals surface area contributed by atoms with Gasteiger partial charge in [-0.05, 0) is 36.3 Å². The van der Waals surface area contributed by atoms with Crippen LogP contribution in [0.1, 0.15) is 24.1 Å². The van der Waals surface area contributed by atoms with Gasteiger partial charge in [-0.1, -0.05) is 41.9 Å². The van der Waals surface area contributed by atoms with Gasteiger partial charge in [0.15, 0.2) is 11.5 Å². The minimum atomic E-state index is -0.261. The van der Waals surface area contributed by atoms with Crippen molar-refractivity contribution >= 4 is 23.6 Å². The normalized spacial score (nSPS) is 12.0. The van der Waals surface area contributed by atoms with Gasteiger partial charge >= 0.3 is 0 Å². The molecule has 3 rings (SSSR count). The Kier molecular flexibility index (Phi) is 7.45. The summed E-state index contributed by atoms with van der Waals surface area (Å²) >= 11 is 6.27. The molecule has 7 nitrogen and oxygen atoms in total. The van der Waals surface area contributed by atoms with Crippen molar-refractivity contribution in [2.45, 2.75) is 19.5 Å². The molecule has 0 aliphatic heterocycles. The zero-order valence-corrected chi connectivity index (χ0v) is 17.5. The van der Waals surface area contributed by atoms with E-state index in [9.17, 15) is 4.79 Å². The SMILES string of the molecule is CCOc1cc(/C=C/C(=O)NC(Cn2cncn2)c2ccccc2)cc(Cl)c1OC. The Balaban J connectivity index is 1.76. The predicted octanol–water partition coefficient (Wildman–Crippen LogP) is 3.91. The summed E-state index contributed by atoms with van der Waals surface area (Å²) in [6.45, 7) is 2.82. The molecule has 30 heavy (non-hydrogen) atoms. The summed E-state index contributed by atoms with van der Waals surface area (Å²) in [6.07, 6.45) is 6.23. The van der Waals surface area contributed by atoms with Crippen LogP contribution in [0.15, 0.2) is 61.2 Å². The van der Waals surface area contributed by atoms with E-state index in [1.54, 1.807) is 29.2 Å². The number of halogens is 1. The van der Waals surface area contributed by atoms with Gasteiger partial charge in [-0.3, -0.25) is 9.48 Å². The fourth-order valence-electron chi connectivity index (χ4n) is 2.97. The molecule has 8 heteroatoms. The number of ether oxygens (including phenoxy) is 2. The van der Waals surface area contributed by atoms with Gasteiger partial charge in [0, 0.05) is 6.08 Å². The summed E-state index contributed by atoms with van der Waals surface area (Å²) in [4.78, 5) is 16.6. The molecule has 156 valence electrons. The average Bonchev–Trinajstić information content (AvgIpc) is 3.26. The zero-order valence-electron chi connectivity index (χ0n) is 16.8. The fraction of sp³-hybridized carbons (Fsp3) is 0.227. The van der Waals surface area contributed by atoms with Crippen molar-refractivity contribution < 1.29 is 14.3 Å². The van der Waals surface area contributed by atoms with Gasteiger partial charge in [-0.25, -0.2) is 4.98 Å². The molecule has 3 aromatic rings. The van der Waals surface area contributed by atoms with Gasteiger partial charge in [-0.2, -0.15) is 5.10 Å². The van der Waals surface area contributed by atoms with Gasteiger partial charge < -0.3 is 14.8 Å². The Bertz CT molecular complexity index is 991. The first-order valence-corrected chi connectivity index (χ1v) is 9.84. The number of amides is 1. The summed E-state index contributed by atoms with van der Waals surface area (Å²) in [5.41, 5.74) is 1.70. The summed E-state index contributed by atoms with van der Waals surface area (Å²) < 4.78 is 12.5. The number of rotatable bonds is 9. The molecule has 1 unspecified atom stereocenters. The number of benzene rings is 2. The maximum absolute atomic E-state index is 12.6. The first-order valence-electron chi connectivity index (χ1n) is 9.47. The van der Waals surface area contributed by atoms with E-state index in [1.165, 1.54) is 19.5 Å². The molecule has 0 fully saturated rings. The molecule has 0 aliphatic carbocycles. The smallest absolute Gasteiger partial charge is 0.244 e. The van der Waals surface area contributed by atoms with Crippen molar-refractivity contribution in [2.24, 2.45) is 0 Å². The van der Waals surface area contributed by atoms with E-state index >= 15 is 0 Å². The molecule has 0 saturated carbocycles. The molecule has 1 heterocycles. The predicted molar refractivity (Wildman–Crippen MR) is 116 cm³/mol. The highest BCUT2D eigenvalue weighted by molar-refractivity contribution is 6.32. The maximum atomic E-state index is 12.6. The van der Waals surface area contributed by atoms with Crippen LogP contribution < -0.4 is 14.8 Å². The number of hydrogen-bond acceptors (Lipinski definition) is 5. The molecule has 1 aromatic heterocycles. The Morgan fingerprint density at radius 1 is 1.30 bits per heavy atom. The molecule has 1 atom stereocenters. The lowest BCUT2D eigenvalue weighted by Crippen LogP contribution is -2.30. The highest BCUT2D eigenvalue weighted by Crippen LogP contribution is 2.36. The van der Waals surface area contributed by atoms with Crippen LogP contribution >= 0.6 is 11.6 Å². The summed E-state index contributed by atoms with van der Waals surface area (Å²) in [7, 11) is 1.53. The van der Waals surface area contributed by atoms with E-state index in [-0.39, 0.29) is 11.9 Å². The zero-order chi connectivity index (χ0) is 21.3. The van der Waals surface area contributed by atoms with Gasteiger partial charge in [0.2, 0.25) is 5.91 Å². The van der Waals surface area contributed by atoms with E-state index in [2.05, 4.69) is 15.4 Å². The molecule has 0 saturated heterocycles. The quantitative estimate of drug-likeness (QED) is 0.525. The second-order valence-corrected chi connectivity index (χ2v) is 6.80. The lowest BCUT2D eigenvalue weighted by Gasteiger charge is -2.18. The van der Waals surface area contributed by atoms with E-state index in [0.717, 1.165) is 11.1 Å². The number of hydrogen-bond donors (Lipinski definition) is 1. The molecule has 0 spiro atoms. The Morgan fingerprint density at radius 2 is 2.10 bits per heavy atom. The summed E-state index contributed by atoms with van der Waals surface area (Å²) in [6, 6.07) is 13.0. The van der Waals surface area contributed by atoms with Crippen molar-refractivity contribution in [1.29, 1.82) is 0 Å². The van der Waals surface area contributed by atoms with Crippen LogP contribution in [0.25, 0.3) is 6.08 Å². The third kappa shape index (κ3) is 5.61. The van der Waals surface area contributed by atoms with Crippen molar-refractivity contribution in [3.8, 4) is 11.5 Å². The van der Waals surface area contributed by atoms with Crippen LogP contribution in [0.5, 0.6) is 11.5 Å². The lowest BCUT2D eigenvalue weighted by molar-refractivity contribution is -0.117. The maximum Gasteiger partial charge on any atom is 0.244 e. The van der Waals surface area contributed by atoms with Crippen molar-refractivity contribution in [3.63, 3.8) is 0 Å². The number of carbonyl (C=O) groups is 1. The largest absolute Gasteiger partial charge is 0.491 e. The average molecular weight is 427 g/mol. The van der Waals surface area contributed by atoms with E-state index in [4.69, 9.17) is 21.1 Å². The van der Waals surface area contributed by atoms with Gasteiger partial charge in [0.1, 0.15) is 12.7 Å². The van der Waals surface area contributed by atoms with E-state index < -0.39 is 0 Å². The van der Waals surface area contributed by atoms with Crippen LogP contribution in [0, 0.1) is 0 Å². The van der Waals surface area contributed by atoms with Crippen LogP contribution in [0.4, 0.5) is 0 Å². The first kappa shape index (κ1) is 21.4. The monoisotopic (exact) mass is 426 g/mol. The second kappa shape index (κ2) is 10.5. The Morgan fingerprint density at radius 3 is 2.77 bits per heavy atom. The fourth-order valence-corrected chi connectivity index (χ4v) is 3.27. The molecular weight excluding hydrogens is 404 g/mol. The second-order valence-electron chi connectivity index (χ2n) is 6.39. The topological polar surface area (TPSA) is 78.3 Å². The van der Waals surface area contributed by atoms with Crippen LogP contribution in [0.2, 0.25) is 5.02 Å². The standard InChI is InChI=1S/C22H23ClN4O3/c1-3-30-20-12-16(11-18(23)22(20)29-2)9-10-21(28)26-19(13-27-15-24-14-25-27)17-7-5-4-6-8-17/h4-12,14-15,19H,3,13H2,1-2H3,(H,26,28)/b10-9+.